The van der Waals surface area contributed by atoms with Gasteiger partial charge in [0.05, 0.1) is 12.2 Å². The summed E-state index contributed by atoms with van der Waals surface area (Å²) >= 11 is 1.80. The van der Waals surface area contributed by atoms with E-state index in [1.165, 1.54) is 55.8 Å². The number of fused-ring (bicyclic) bond motifs is 5. The molecule has 0 radical (unpaired) electrons. The van der Waals surface area contributed by atoms with Gasteiger partial charge in [-0.2, -0.15) is 5.10 Å². The summed E-state index contributed by atoms with van der Waals surface area (Å²) < 4.78 is 0. The van der Waals surface area contributed by atoms with Crippen LogP contribution in [-0.4, -0.2) is 41.3 Å². The highest BCUT2D eigenvalue weighted by molar-refractivity contribution is 7.09. The van der Waals surface area contributed by atoms with Crippen molar-refractivity contribution in [2.75, 3.05) is 26.2 Å². The molecular weight excluding hydrogens is 304 g/mol. The van der Waals surface area contributed by atoms with E-state index >= 15 is 0 Å². The lowest BCUT2D eigenvalue weighted by Crippen LogP contribution is -2.32. The Bertz CT molecular complexity index is 659. The van der Waals surface area contributed by atoms with Gasteiger partial charge in [-0.15, -0.1) is 5.10 Å². The summed E-state index contributed by atoms with van der Waals surface area (Å²) in [5.74, 6) is 0.591. The predicted molar refractivity (Wildman–Crippen MR) is 93.7 cm³/mol. The van der Waals surface area contributed by atoms with Gasteiger partial charge in [0, 0.05) is 22.8 Å². The second-order valence-corrected chi connectivity index (χ2v) is 9.21. The summed E-state index contributed by atoms with van der Waals surface area (Å²) in [6.45, 7) is 11.6. The number of likely N-dealkylation sites (tertiary alicyclic amines) is 1. The van der Waals surface area contributed by atoms with E-state index in [4.69, 9.17) is 4.99 Å². The summed E-state index contributed by atoms with van der Waals surface area (Å²) in [4.78, 5) is 9.62. The Morgan fingerprint density at radius 1 is 1.17 bits per heavy atom. The van der Waals surface area contributed by atoms with E-state index in [0.717, 1.165) is 17.9 Å². The molecular formula is C18H28N4S. The van der Waals surface area contributed by atoms with Crippen LogP contribution in [0.3, 0.4) is 0 Å². The van der Waals surface area contributed by atoms with Crippen LogP contribution in [0.5, 0.6) is 0 Å². The van der Waals surface area contributed by atoms with E-state index < -0.39 is 0 Å². The largest absolute Gasteiger partial charge is 0.301 e. The molecule has 0 amide bonds. The highest BCUT2D eigenvalue weighted by atomic mass is 32.1. The maximum Gasteiger partial charge on any atom is 0.225 e. The predicted octanol–water partition coefficient (Wildman–Crippen LogP) is 3.10. The maximum atomic E-state index is 4.74. The number of nitrogens with zero attached hydrogens (tertiary/aromatic N) is 4. The van der Waals surface area contributed by atoms with Crippen molar-refractivity contribution in [2.45, 2.75) is 64.2 Å². The standard InChI is InChI=1S/C18H28N4S/c1-17(2)13-7-8-18(17,3)15-14(13)20-21-16(23-15)19-9-12-22-10-5-4-6-11-22/h13H,4-12H2,1-3H3/t13-,18-/m1/s1. The Morgan fingerprint density at radius 2 is 1.96 bits per heavy atom. The van der Waals surface area contributed by atoms with Gasteiger partial charge in [0.1, 0.15) is 0 Å². The molecule has 0 aromatic carbocycles. The summed E-state index contributed by atoms with van der Waals surface area (Å²) in [6.07, 6.45) is 6.63. The zero-order valence-corrected chi connectivity index (χ0v) is 15.5. The van der Waals surface area contributed by atoms with Gasteiger partial charge in [0.2, 0.25) is 4.80 Å². The van der Waals surface area contributed by atoms with Gasteiger partial charge in [-0.25, -0.2) is 0 Å². The molecule has 2 fully saturated rings. The molecule has 0 unspecified atom stereocenters. The Morgan fingerprint density at radius 3 is 2.74 bits per heavy atom. The third-order valence-electron chi connectivity index (χ3n) is 6.84. The minimum absolute atomic E-state index is 0.269. The van der Waals surface area contributed by atoms with Crippen molar-refractivity contribution in [3.8, 4) is 0 Å². The average Bonchev–Trinajstić information content (AvgIpc) is 2.88. The van der Waals surface area contributed by atoms with Crippen LogP contribution in [-0.2, 0) is 5.41 Å². The van der Waals surface area contributed by atoms with Crippen LogP contribution in [0.25, 0.3) is 0 Å². The number of rotatable bonds is 3. The molecule has 1 saturated carbocycles. The Labute approximate surface area is 143 Å². The molecule has 1 aromatic heterocycles. The lowest BCUT2D eigenvalue weighted by atomic mass is 9.71. The lowest BCUT2D eigenvalue weighted by molar-refractivity contribution is 0.232. The average molecular weight is 333 g/mol. The molecule has 126 valence electrons. The molecule has 3 aliphatic rings. The minimum Gasteiger partial charge on any atom is -0.301 e. The quantitative estimate of drug-likeness (QED) is 0.854. The van der Waals surface area contributed by atoms with Crippen molar-refractivity contribution >= 4 is 11.3 Å². The molecule has 0 spiro atoms. The number of aromatic nitrogens is 2. The van der Waals surface area contributed by atoms with Crippen LogP contribution in [0.4, 0.5) is 0 Å². The van der Waals surface area contributed by atoms with Gasteiger partial charge in [-0.1, -0.05) is 38.5 Å². The first-order valence-corrected chi connectivity index (χ1v) is 9.95. The Kier molecular flexibility index (Phi) is 3.84. The minimum atomic E-state index is 0.269. The second kappa shape index (κ2) is 5.62. The zero-order chi connectivity index (χ0) is 16.1. The van der Waals surface area contributed by atoms with Gasteiger partial charge >= 0.3 is 0 Å². The van der Waals surface area contributed by atoms with Crippen LogP contribution in [0.2, 0.25) is 0 Å². The highest BCUT2D eigenvalue weighted by Crippen LogP contribution is 2.67. The van der Waals surface area contributed by atoms with Crippen LogP contribution < -0.4 is 4.80 Å². The van der Waals surface area contributed by atoms with Crippen LogP contribution in [0.15, 0.2) is 4.99 Å². The third-order valence-corrected chi connectivity index (χ3v) is 8.10. The van der Waals surface area contributed by atoms with Gasteiger partial charge in [0.25, 0.3) is 0 Å². The topological polar surface area (TPSA) is 41.4 Å². The van der Waals surface area contributed by atoms with Crippen molar-refractivity contribution < 1.29 is 0 Å². The third kappa shape index (κ3) is 2.39. The molecule has 1 saturated heterocycles. The van der Waals surface area contributed by atoms with E-state index in [-0.39, 0.29) is 5.41 Å². The molecule has 0 N–H and O–H groups in total. The summed E-state index contributed by atoms with van der Waals surface area (Å²) in [5, 5.41) is 9.03. The fourth-order valence-corrected chi connectivity index (χ4v) is 6.15. The summed E-state index contributed by atoms with van der Waals surface area (Å²) in [6, 6.07) is 0. The number of piperidine rings is 1. The smallest absolute Gasteiger partial charge is 0.225 e. The molecule has 2 atom stereocenters. The first-order chi connectivity index (χ1) is 11.0. The fraction of sp³-hybridized carbons (Fsp3) is 0.833. The van der Waals surface area contributed by atoms with Crippen molar-refractivity contribution in [1.29, 1.82) is 0 Å². The van der Waals surface area contributed by atoms with Crippen molar-refractivity contribution in [3.05, 3.63) is 15.4 Å². The monoisotopic (exact) mass is 332 g/mol. The van der Waals surface area contributed by atoms with Gasteiger partial charge in [-0.05, 0) is 44.2 Å². The normalized spacial score (nSPS) is 33.2. The summed E-state index contributed by atoms with van der Waals surface area (Å²) in [7, 11) is 0. The van der Waals surface area contributed by atoms with Crippen molar-refractivity contribution in [2.24, 2.45) is 10.4 Å². The van der Waals surface area contributed by atoms with E-state index in [0.29, 0.717) is 11.3 Å². The van der Waals surface area contributed by atoms with E-state index in [9.17, 15) is 0 Å². The first kappa shape index (κ1) is 15.7. The molecule has 5 heteroatoms. The molecule has 2 aliphatic carbocycles. The molecule has 1 aromatic rings. The van der Waals surface area contributed by atoms with Crippen LogP contribution in [0.1, 0.15) is 69.4 Å². The van der Waals surface area contributed by atoms with Crippen molar-refractivity contribution in [1.82, 2.24) is 15.1 Å². The Balaban J connectivity index is 1.54. The number of hydrogen-bond donors (Lipinski definition) is 0. The van der Waals surface area contributed by atoms with Gasteiger partial charge in [-0.3, -0.25) is 4.99 Å². The van der Waals surface area contributed by atoms with Gasteiger partial charge in [0.15, 0.2) is 0 Å². The van der Waals surface area contributed by atoms with Gasteiger partial charge < -0.3 is 4.90 Å². The molecule has 23 heavy (non-hydrogen) atoms. The molecule has 2 heterocycles. The second-order valence-electron chi connectivity index (χ2n) is 8.23. The zero-order valence-electron chi connectivity index (χ0n) is 14.6. The SMILES string of the molecule is CC1(C)[C@@H]2CC[C@]1(C)c1sc(=NCCN3CCCCC3)nnc12. The maximum absolute atomic E-state index is 4.74. The van der Waals surface area contributed by atoms with E-state index in [1.807, 2.05) is 0 Å². The Hall–Kier alpha value is -0.810. The van der Waals surface area contributed by atoms with E-state index in [1.54, 1.807) is 11.3 Å². The molecule has 2 bridgehead atoms. The van der Waals surface area contributed by atoms with Crippen LogP contribution in [0, 0.1) is 5.41 Å². The van der Waals surface area contributed by atoms with Crippen molar-refractivity contribution in [3.63, 3.8) is 0 Å². The lowest BCUT2D eigenvalue weighted by Gasteiger charge is -2.34. The van der Waals surface area contributed by atoms with Crippen LogP contribution >= 0.6 is 11.3 Å². The molecule has 1 aliphatic heterocycles. The van der Waals surface area contributed by atoms with E-state index in [2.05, 4.69) is 35.9 Å². The highest BCUT2D eigenvalue weighted by Gasteiger charge is 2.61. The summed E-state index contributed by atoms with van der Waals surface area (Å²) in [5.41, 5.74) is 1.85. The fourth-order valence-electron chi connectivity index (χ4n) is 4.85. The molecule has 4 rings (SSSR count). The number of hydrogen-bond acceptors (Lipinski definition) is 5. The first-order valence-electron chi connectivity index (χ1n) is 9.13. The molecule has 4 nitrogen and oxygen atoms in total.